The van der Waals surface area contributed by atoms with Gasteiger partial charge in [0, 0.05) is 62.1 Å². The molecule has 5 aliphatic rings. The second kappa shape index (κ2) is 8.72. The molecule has 0 atom stereocenters. The standard InChI is InChI=1S/C27H37F3N6/c1-34-9-11-36(12-10-34)26-16-25(17-26,18-26)7-3-2-4-8-35-15-22(33-24(35)19-5-6-19)20-13-21(27(28,29)30)23(31)32-14-20/h13-15,19H,2-12,16-18H2,1H3,(H2,31,32). The molecule has 196 valence electrons. The van der Waals surface area contributed by atoms with Gasteiger partial charge in [-0.15, -0.1) is 0 Å². The van der Waals surface area contributed by atoms with Gasteiger partial charge in [-0.2, -0.15) is 13.2 Å². The molecule has 2 aromatic heterocycles. The van der Waals surface area contributed by atoms with Crippen molar-refractivity contribution in [2.24, 2.45) is 5.41 Å². The fourth-order valence-corrected chi connectivity index (χ4v) is 7.04. The summed E-state index contributed by atoms with van der Waals surface area (Å²) in [7, 11) is 2.22. The quantitative estimate of drug-likeness (QED) is 0.481. The zero-order chi connectivity index (χ0) is 25.1. The lowest BCUT2D eigenvalue weighted by Gasteiger charge is -2.75. The molecule has 0 spiro atoms. The molecule has 5 fully saturated rings. The lowest BCUT2D eigenvalue weighted by Crippen LogP contribution is -2.76. The van der Waals surface area contributed by atoms with E-state index in [-0.39, 0.29) is 0 Å². The van der Waals surface area contributed by atoms with E-state index in [1.807, 2.05) is 6.20 Å². The van der Waals surface area contributed by atoms with Crippen molar-refractivity contribution in [3.05, 3.63) is 29.8 Å². The summed E-state index contributed by atoms with van der Waals surface area (Å²) >= 11 is 0. The first-order valence-electron chi connectivity index (χ1n) is 13.5. The van der Waals surface area contributed by atoms with Crippen LogP contribution in [0.3, 0.4) is 0 Å². The van der Waals surface area contributed by atoms with Crippen molar-refractivity contribution in [1.82, 2.24) is 24.3 Å². The summed E-state index contributed by atoms with van der Waals surface area (Å²) in [4.78, 5) is 13.7. The summed E-state index contributed by atoms with van der Waals surface area (Å²) in [5, 5.41) is 0. The van der Waals surface area contributed by atoms with Crippen LogP contribution in [0.4, 0.5) is 19.0 Å². The largest absolute Gasteiger partial charge is 0.419 e. The van der Waals surface area contributed by atoms with Crippen molar-refractivity contribution in [2.75, 3.05) is 39.0 Å². The molecule has 4 saturated carbocycles. The highest BCUT2D eigenvalue weighted by Gasteiger charge is 2.69. The van der Waals surface area contributed by atoms with Crippen LogP contribution in [-0.2, 0) is 12.7 Å². The maximum Gasteiger partial charge on any atom is 0.419 e. The van der Waals surface area contributed by atoms with Gasteiger partial charge in [0.05, 0.1) is 11.3 Å². The predicted octanol–water partition coefficient (Wildman–Crippen LogP) is 5.15. The van der Waals surface area contributed by atoms with E-state index >= 15 is 0 Å². The van der Waals surface area contributed by atoms with E-state index in [0.29, 0.717) is 28.1 Å². The Bertz CT molecular complexity index is 1090. The Hall–Kier alpha value is -2.13. The average molecular weight is 503 g/mol. The highest BCUT2D eigenvalue weighted by Crippen LogP contribution is 2.71. The molecule has 2 aromatic rings. The van der Waals surface area contributed by atoms with Crippen LogP contribution in [0.15, 0.2) is 18.5 Å². The number of halogens is 3. The Morgan fingerprint density at radius 1 is 1.06 bits per heavy atom. The highest BCUT2D eigenvalue weighted by atomic mass is 19.4. The zero-order valence-electron chi connectivity index (χ0n) is 21.2. The van der Waals surface area contributed by atoms with Crippen LogP contribution in [0, 0.1) is 5.41 Å². The third-order valence-electron chi connectivity index (χ3n) is 9.16. The van der Waals surface area contributed by atoms with Crippen LogP contribution < -0.4 is 5.73 Å². The summed E-state index contributed by atoms with van der Waals surface area (Å²) in [6.07, 6.45) is 10.0. The Labute approximate surface area is 211 Å². The van der Waals surface area contributed by atoms with Crippen LogP contribution in [0.25, 0.3) is 11.3 Å². The SMILES string of the molecule is CN1CCN(C23CC(CCCCCn4cc(-c5cnc(N)c(C(F)(F)F)c5)nc4C4CC4)(C2)C3)CC1. The van der Waals surface area contributed by atoms with Crippen molar-refractivity contribution in [3.8, 4) is 11.3 Å². The molecule has 3 heterocycles. The predicted molar refractivity (Wildman–Crippen MR) is 133 cm³/mol. The number of nitrogen functional groups attached to an aromatic ring is 1. The van der Waals surface area contributed by atoms with E-state index in [2.05, 4.69) is 26.4 Å². The Morgan fingerprint density at radius 3 is 2.44 bits per heavy atom. The van der Waals surface area contributed by atoms with Gasteiger partial charge in [0.1, 0.15) is 11.6 Å². The lowest BCUT2D eigenvalue weighted by atomic mass is 9.37. The maximum absolute atomic E-state index is 13.3. The van der Waals surface area contributed by atoms with E-state index < -0.39 is 17.6 Å². The number of imidazole rings is 1. The molecule has 2 N–H and O–H groups in total. The number of nitrogens with zero attached hydrogens (tertiary/aromatic N) is 5. The minimum absolute atomic E-state index is 0.370. The second-order valence-electron chi connectivity index (χ2n) is 12.0. The summed E-state index contributed by atoms with van der Waals surface area (Å²) in [5.74, 6) is 0.935. The van der Waals surface area contributed by atoms with E-state index in [1.165, 1.54) is 70.9 Å². The first kappa shape index (κ1) is 24.2. The van der Waals surface area contributed by atoms with Crippen molar-refractivity contribution < 1.29 is 13.2 Å². The Balaban J connectivity index is 1.01. The van der Waals surface area contributed by atoms with Crippen molar-refractivity contribution in [3.63, 3.8) is 0 Å². The van der Waals surface area contributed by atoms with Gasteiger partial charge in [-0.05, 0) is 63.5 Å². The van der Waals surface area contributed by atoms with Gasteiger partial charge in [-0.3, -0.25) is 4.90 Å². The van der Waals surface area contributed by atoms with E-state index in [0.717, 1.165) is 37.7 Å². The molecule has 0 amide bonds. The van der Waals surface area contributed by atoms with Crippen molar-refractivity contribution >= 4 is 5.82 Å². The Morgan fingerprint density at radius 2 is 1.78 bits per heavy atom. The Kier molecular flexibility index (Phi) is 5.87. The highest BCUT2D eigenvalue weighted by molar-refractivity contribution is 5.62. The maximum atomic E-state index is 13.3. The van der Waals surface area contributed by atoms with Gasteiger partial charge in [-0.1, -0.05) is 12.8 Å². The van der Waals surface area contributed by atoms with Gasteiger partial charge in [0.2, 0.25) is 0 Å². The fourth-order valence-electron chi connectivity index (χ4n) is 7.04. The summed E-state index contributed by atoms with van der Waals surface area (Å²) < 4.78 is 42.1. The molecule has 1 saturated heterocycles. The molecule has 2 bridgehead atoms. The number of hydrogen-bond acceptors (Lipinski definition) is 5. The second-order valence-corrected chi connectivity index (χ2v) is 12.0. The number of anilines is 1. The number of alkyl halides is 3. The summed E-state index contributed by atoms with van der Waals surface area (Å²) in [6.45, 7) is 5.73. The van der Waals surface area contributed by atoms with E-state index in [9.17, 15) is 13.2 Å². The van der Waals surface area contributed by atoms with Crippen molar-refractivity contribution in [2.45, 2.75) is 82.0 Å². The number of likely N-dealkylation sites (N-methyl/N-ethyl adjacent to an activating group) is 1. The summed E-state index contributed by atoms with van der Waals surface area (Å²) in [6, 6.07) is 1.07. The van der Waals surface area contributed by atoms with Gasteiger partial charge < -0.3 is 15.2 Å². The lowest BCUT2D eigenvalue weighted by molar-refractivity contribution is -0.229. The number of aromatic nitrogens is 3. The topological polar surface area (TPSA) is 63.2 Å². The monoisotopic (exact) mass is 502 g/mol. The first-order chi connectivity index (χ1) is 17.2. The molecule has 4 aliphatic carbocycles. The number of aryl methyl sites for hydroxylation is 1. The minimum atomic E-state index is -4.53. The van der Waals surface area contributed by atoms with Crippen molar-refractivity contribution in [1.29, 1.82) is 0 Å². The molecule has 6 nitrogen and oxygen atoms in total. The van der Waals surface area contributed by atoms with Crippen LogP contribution in [-0.4, -0.2) is 63.1 Å². The fraction of sp³-hybridized carbons (Fsp3) is 0.704. The van der Waals surface area contributed by atoms with Gasteiger partial charge in [-0.25, -0.2) is 9.97 Å². The minimum Gasteiger partial charge on any atom is -0.383 e. The average Bonchev–Trinajstić information content (AvgIpc) is 3.54. The van der Waals surface area contributed by atoms with Crippen LogP contribution in [0.2, 0.25) is 0 Å². The van der Waals surface area contributed by atoms with E-state index in [4.69, 9.17) is 10.7 Å². The smallest absolute Gasteiger partial charge is 0.383 e. The first-order valence-corrected chi connectivity index (χ1v) is 13.5. The molecule has 1 aliphatic heterocycles. The van der Waals surface area contributed by atoms with Gasteiger partial charge in [0.15, 0.2) is 0 Å². The third-order valence-corrected chi connectivity index (χ3v) is 9.16. The van der Waals surface area contributed by atoms with Crippen LogP contribution in [0.5, 0.6) is 0 Å². The molecule has 9 heteroatoms. The van der Waals surface area contributed by atoms with E-state index in [1.54, 1.807) is 0 Å². The number of unbranched alkanes of at least 4 members (excludes halogenated alkanes) is 2. The number of rotatable bonds is 9. The molecule has 7 rings (SSSR count). The summed E-state index contributed by atoms with van der Waals surface area (Å²) in [5.41, 5.74) is 6.66. The number of pyridine rings is 1. The van der Waals surface area contributed by atoms with Gasteiger partial charge in [0.25, 0.3) is 0 Å². The third kappa shape index (κ3) is 4.42. The molecule has 0 radical (unpaired) electrons. The number of hydrogen-bond donors (Lipinski definition) is 1. The molecule has 36 heavy (non-hydrogen) atoms. The molecule has 0 unspecified atom stereocenters. The molecule has 0 aromatic carbocycles. The van der Waals surface area contributed by atoms with Crippen LogP contribution in [0.1, 0.15) is 75.1 Å². The molecular weight excluding hydrogens is 465 g/mol. The number of piperazine rings is 1. The molecular formula is C27H37F3N6. The normalized spacial score (nSPS) is 28.7. The number of nitrogens with two attached hydrogens (primary N) is 1. The van der Waals surface area contributed by atoms with Gasteiger partial charge >= 0.3 is 6.18 Å². The zero-order valence-corrected chi connectivity index (χ0v) is 21.2. The van der Waals surface area contributed by atoms with Crippen LogP contribution >= 0.6 is 0 Å².